The quantitative estimate of drug-likeness (QED) is 0.330. The smallest absolute Gasteiger partial charge is 0.305 e. The summed E-state index contributed by atoms with van der Waals surface area (Å²) < 4.78 is 15.4. The lowest BCUT2D eigenvalue weighted by molar-refractivity contribution is -0.143. The van der Waals surface area contributed by atoms with E-state index in [1.807, 2.05) is 6.07 Å². The normalized spacial score (nSPS) is 10.4. The maximum Gasteiger partial charge on any atom is 0.305 e. The van der Waals surface area contributed by atoms with Crippen LogP contribution in [0.15, 0.2) is 23.4 Å². The van der Waals surface area contributed by atoms with Gasteiger partial charge in [-0.25, -0.2) is 4.98 Å². The van der Waals surface area contributed by atoms with Crippen LogP contribution in [0.5, 0.6) is 11.5 Å². The molecule has 152 valence electrons. The van der Waals surface area contributed by atoms with Crippen LogP contribution in [0.1, 0.15) is 19.8 Å². The van der Waals surface area contributed by atoms with E-state index in [4.69, 9.17) is 14.2 Å². The molecule has 0 unspecified atom stereocenters. The Balaban J connectivity index is 1.82. The predicted octanol–water partition coefficient (Wildman–Crippen LogP) is 2.04. The molecule has 2 aromatic rings. The number of carbonyl (C=O) groups is 2. The molecule has 28 heavy (non-hydrogen) atoms. The number of carbonyl (C=O) groups excluding carboxylic acids is 2. The lowest BCUT2D eigenvalue weighted by Crippen LogP contribution is -2.26. The van der Waals surface area contributed by atoms with Gasteiger partial charge in [-0.3, -0.25) is 14.7 Å². The van der Waals surface area contributed by atoms with Crippen molar-refractivity contribution in [1.29, 1.82) is 0 Å². The minimum Gasteiger partial charge on any atom is -0.497 e. The van der Waals surface area contributed by atoms with E-state index in [-0.39, 0.29) is 24.1 Å². The Morgan fingerprint density at radius 3 is 2.79 bits per heavy atom. The Kier molecular flexibility index (Phi) is 8.60. The van der Waals surface area contributed by atoms with Crippen LogP contribution < -0.4 is 14.8 Å². The Labute approximate surface area is 167 Å². The molecule has 0 fully saturated rings. The zero-order chi connectivity index (χ0) is 20.4. The van der Waals surface area contributed by atoms with Crippen LogP contribution >= 0.6 is 11.8 Å². The largest absolute Gasteiger partial charge is 0.497 e. The highest BCUT2D eigenvalue weighted by Crippen LogP contribution is 2.31. The summed E-state index contributed by atoms with van der Waals surface area (Å²) in [4.78, 5) is 27.5. The first-order valence-corrected chi connectivity index (χ1v) is 9.75. The van der Waals surface area contributed by atoms with Crippen LogP contribution in [0.25, 0.3) is 11.4 Å². The van der Waals surface area contributed by atoms with E-state index in [1.165, 1.54) is 11.8 Å². The van der Waals surface area contributed by atoms with Crippen molar-refractivity contribution in [3.05, 3.63) is 18.2 Å². The van der Waals surface area contributed by atoms with E-state index < -0.39 is 0 Å². The maximum atomic E-state index is 11.9. The van der Waals surface area contributed by atoms with Crippen molar-refractivity contribution < 1.29 is 23.8 Å². The average Bonchev–Trinajstić information content (AvgIpc) is 3.18. The molecule has 0 saturated heterocycles. The van der Waals surface area contributed by atoms with Gasteiger partial charge in [0.05, 0.1) is 32.1 Å². The molecule has 9 nitrogen and oxygen atoms in total. The van der Waals surface area contributed by atoms with Crippen LogP contribution in [-0.2, 0) is 14.3 Å². The molecule has 1 amide bonds. The van der Waals surface area contributed by atoms with Gasteiger partial charge in [0.2, 0.25) is 11.1 Å². The number of hydrogen-bond acceptors (Lipinski definition) is 8. The Morgan fingerprint density at radius 2 is 2.07 bits per heavy atom. The van der Waals surface area contributed by atoms with Gasteiger partial charge in [-0.1, -0.05) is 11.8 Å². The van der Waals surface area contributed by atoms with Gasteiger partial charge in [0, 0.05) is 19.0 Å². The Hall–Kier alpha value is -2.75. The van der Waals surface area contributed by atoms with Crippen molar-refractivity contribution in [2.24, 2.45) is 0 Å². The average molecular weight is 408 g/mol. The fraction of sp³-hybridized carbons (Fsp3) is 0.444. The highest BCUT2D eigenvalue weighted by molar-refractivity contribution is 7.99. The Morgan fingerprint density at radius 1 is 1.25 bits per heavy atom. The molecule has 1 aromatic carbocycles. The van der Waals surface area contributed by atoms with E-state index in [2.05, 4.69) is 20.5 Å². The number of rotatable bonds is 11. The number of aromatic nitrogens is 3. The third-order valence-corrected chi connectivity index (χ3v) is 4.49. The Bertz CT molecular complexity index is 796. The van der Waals surface area contributed by atoms with Gasteiger partial charge >= 0.3 is 5.97 Å². The number of esters is 1. The minimum atomic E-state index is -0.256. The van der Waals surface area contributed by atoms with Gasteiger partial charge in [0.15, 0.2) is 5.82 Å². The van der Waals surface area contributed by atoms with Crippen molar-refractivity contribution in [2.75, 3.05) is 33.1 Å². The van der Waals surface area contributed by atoms with Gasteiger partial charge in [0.25, 0.3) is 0 Å². The predicted molar refractivity (Wildman–Crippen MR) is 105 cm³/mol. The first-order valence-electron chi connectivity index (χ1n) is 8.77. The number of aromatic amines is 1. The first kappa shape index (κ1) is 21.5. The summed E-state index contributed by atoms with van der Waals surface area (Å²) in [6.45, 7) is 2.54. The minimum absolute atomic E-state index is 0.151. The first-order chi connectivity index (χ1) is 13.6. The number of H-pyrrole nitrogens is 1. The van der Waals surface area contributed by atoms with Gasteiger partial charge in [-0.05, 0) is 25.5 Å². The molecule has 10 heteroatoms. The summed E-state index contributed by atoms with van der Waals surface area (Å²) in [6.07, 6.45) is 0.826. The zero-order valence-electron chi connectivity index (χ0n) is 16.1. The highest BCUT2D eigenvalue weighted by atomic mass is 32.2. The van der Waals surface area contributed by atoms with E-state index in [9.17, 15) is 9.59 Å². The standard InChI is InChI=1S/C18H24N4O5S/c1-4-27-16(24)6-5-9-19-15(23)11-28-18-20-17(21-22-18)13-8-7-12(25-2)10-14(13)26-3/h7-8,10H,4-6,9,11H2,1-3H3,(H,19,23)(H,20,21,22). The number of hydrogen-bond donors (Lipinski definition) is 2. The number of ether oxygens (including phenoxy) is 3. The van der Waals surface area contributed by atoms with Crippen molar-refractivity contribution in [3.63, 3.8) is 0 Å². The molecule has 0 radical (unpaired) electrons. The van der Waals surface area contributed by atoms with Crippen LogP contribution in [0.2, 0.25) is 0 Å². The van der Waals surface area contributed by atoms with Crippen LogP contribution in [0.3, 0.4) is 0 Å². The van der Waals surface area contributed by atoms with E-state index in [0.29, 0.717) is 42.1 Å². The van der Waals surface area contributed by atoms with Crippen molar-refractivity contribution in [2.45, 2.75) is 24.9 Å². The molecule has 1 aromatic heterocycles. The molecule has 0 bridgehead atoms. The molecule has 0 spiro atoms. The summed E-state index contributed by atoms with van der Waals surface area (Å²) in [6, 6.07) is 5.38. The molecule has 0 aliphatic rings. The second kappa shape index (κ2) is 11.2. The third-order valence-electron chi connectivity index (χ3n) is 3.65. The summed E-state index contributed by atoms with van der Waals surface area (Å²) in [5.41, 5.74) is 0.742. The SMILES string of the molecule is CCOC(=O)CCCNC(=O)CSc1n[nH]c(-c2ccc(OC)cc2OC)n1. The molecular formula is C18H24N4O5S. The summed E-state index contributed by atoms with van der Waals surface area (Å²) >= 11 is 1.21. The van der Waals surface area contributed by atoms with Gasteiger partial charge < -0.3 is 19.5 Å². The number of thioether (sulfide) groups is 1. The number of nitrogens with zero attached hydrogens (tertiary/aromatic N) is 2. The summed E-state index contributed by atoms with van der Waals surface area (Å²) in [5.74, 6) is 1.59. The number of nitrogens with one attached hydrogen (secondary N) is 2. The van der Waals surface area contributed by atoms with Gasteiger partial charge in [0.1, 0.15) is 11.5 Å². The lowest BCUT2D eigenvalue weighted by atomic mass is 10.2. The van der Waals surface area contributed by atoms with Crippen molar-refractivity contribution in [1.82, 2.24) is 20.5 Å². The van der Waals surface area contributed by atoms with Crippen molar-refractivity contribution in [3.8, 4) is 22.9 Å². The fourth-order valence-corrected chi connectivity index (χ4v) is 2.93. The van der Waals surface area contributed by atoms with Gasteiger partial charge in [-0.15, -0.1) is 5.10 Å². The van der Waals surface area contributed by atoms with Crippen LogP contribution in [-0.4, -0.2) is 60.2 Å². The molecule has 0 atom stereocenters. The molecular weight excluding hydrogens is 384 g/mol. The third kappa shape index (κ3) is 6.45. The molecule has 0 aliphatic heterocycles. The van der Waals surface area contributed by atoms with E-state index >= 15 is 0 Å². The van der Waals surface area contributed by atoms with Crippen LogP contribution in [0, 0.1) is 0 Å². The summed E-state index contributed by atoms with van der Waals surface area (Å²) in [7, 11) is 3.15. The number of benzene rings is 1. The van der Waals surface area contributed by atoms with E-state index in [1.54, 1.807) is 33.3 Å². The molecule has 0 aliphatic carbocycles. The highest BCUT2D eigenvalue weighted by Gasteiger charge is 2.13. The molecule has 0 saturated carbocycles. The topological polar surface area (TPSA) is 115 Å². The fourth-order valence-electron chi connectivity index (χ4n) is 2.30. The number of amides is 1. The second-order valence-corrected chi connectivity index (χ2v) is 6.52. The second-order valence-electron chi connectivity index (χ2n) is 5.58. The number of methoxy groups -OCH3 is 2. The zero-order valence-corrected chi connectivity index (χ0v) is 16.9. The van der Waals surface area contributed by atoms with Crippen molar-refractivity contribution >= 4 is 23.6 Å². The molecule has 2 N–H and O–H groups in total. The lowest BCUT2D eigenvalue weighted by Gasteiger charge is -2.07. The van der Waals surface area contributed by atoms with Gasteiger partial charge in [-0.2, -0.15) is 0 Å². The maximum absolute atomic E-state index is 11.9. The monoisotopic (exact) mass is 408 g/mol. The van der Waals surface area contributed by atoms with E-state index in [0.717, 1.165) is 5.56 Å². The van der Waals surface area contributed by atoms with Crippen LogP contribution in [0.4, 0.5) is 0 Å². The molecule has 1 heterocycles. The molecule has 2 rings (SSSR count). The summed E-state index contributed by atoms with van der Waals surface area (Å²) in [5, 5.41) is 10.2.